The summed E-state index contributed by atoms with van der Waals surface area (Å²) in [5.41, 5.74) is 1.87. The molecule has 1 N–H and O–H groups in total. The average Bonchev–Trinajstić information content (AvgIpc) is 2.53. The molecule has 0 spiro atoms. The Hall–Kier alpha value is -2.26. The smallest absolute Gasteiger partial charge is 0.491 e. The van der Waals surface area contributed by atoms with E-state index in [9.17, 15) is 21.6 Å². The van der Waals surface area contributed by atoms with Crippen molar-refractivity contribution < 1.29 is 31.1 Å². The molecule has 2 rings (SSSR count). The number of halogens is 3. The minimum absolute atomic E-state index is 0.0974. The van der Waals surface area contributed by atoms with Gasteiger partial charge in [0, 0.05) is 0 Å². The van der Waals surface area contributed by atoms with Gasteiger partial charge in [-0.05, 0) is 56.2 Å². The molecule has 0 aliphatic rings. The Labute approximate surface area is 156 Å². The molecule has 1 atom stereocenters. The van der Waals surface area contributed by atoms with Crippen molar-refractivity contribution in [1.82, 2.24) is 4.72 Å². The minimum atomic E-state index is -4.84. The van der Waals surface area contributed by atoms with Crippen LogP contribution in [-0.4, -0.2) is 27.4 Å². The first-order chi connectivity index (χ1) is 12.5. The topological polar surface area (TPSA) is 64.6 Å². The normalized spacial score (nSPS) is 13.3. The lowest BCUT2D eigenvalue weighted by Crippen LogP contribution is -2.36. The molecule has 27 heavy (non-hydrogen) atoms. The molecule has 0 amide bonds. The predicted octanol–water partition coefficient (Wildman–Crippen LogP) is 3.95. The number of hydrogen-bond acceptors (Lipinski definition) is 4. The van der Waals surface area contributed by atoms with E-state index in [2.05, 4.69) is 9.46 Å². The monoisotopic (exact) mass is 403 g/mol. The zero-order chi connectivity index (χ0) is 20.2. The van der Waals surface area contributed by atoms with Gasteiger partial charge in [-0.25, -0.2) is 13.1 Å². The number of nitrogens with one attached hydrogen (secondary N) is 1. The summed E-state index contributed by atoms with van der Waals surface area (Å²) in [6.07, 6.45) is -4.84. The molecule has 0 aliphatic heterocycles. The Bertz CT molecular complexity index is 860. The zero-order valence-corrected chi connectivity index (χ0v) is 15.8. The molecular weight excluding hydrogens is 383 g/mol. The third kappa shape index (κ3) is 6.14. The number of benzene rings is 2. The van der Waals surface area contributed by atoms with Gasteiger partial charge in [0.1, 0.15) is 18.1 Å². The average molecular weight is 403 g/mol. The van der Waals surface area contributed by atoms with Crippen LogP contribution in [0.1, 0.15) is 18.1 Å². The van der Waals surface area contributed by atoms with E-state index in [1.165, 1.54) is 0 Å². The Morgan fingerprint density at radius 1 is 1.04 bits per heavy atom. The van der Waals surface area contributed by atoms with E-state index in [1.54, 1.807) is 6.92 Å². The van der Waals surface area contributed by atoms with Crippen molar-refractivity contribution >= 4 is 10.0 Å². The fraction of sp³-hybridized carbons (Fsp3) is 0.333. The number of sulfonamides is 1. The number of para-hydroxylation sites is 1. The van der Waals surface area contributed by atoms with Crippen molar-refractivity contribution in [3.8, 4) is 11.5 Å². The summed E-state index contributed by atoms with van der Waals surface area (Å²) in [7, 11) is -3.91. The molecule has 0 radical (unpaired) electrons. The first-order valence-electron chi connectivity index (χ1n) is 8.05. The molecule has 0 saturated carbocycles. The summed E-state index contributed by atoms with van der Waals surface area (Å²) in [6, 6.07) is 9.10. The fourth-order valence-electron chi connectivity index (χ4n) is 2.42. The standard InChI is InChI=1S/C18H20F3NO4S/c1-12-5-4-6-13(2)17(12)25-11-14(3)22-27(23,24)16-9-7-15(8-10-16)26-18(19,20)21/h4-10,14,22H,11H2,1-3H3. The lowest BCUT2D eigenvalue weighted by molar-refractivity contribution is -0.274. The van der Waals surface area contributed by atoms with E-state index in [0.29, 0.717) is 5.75 Å². The second-order valence-corrected chi connectivity index (χ2v) is 7.79. The lowest BCUT2D eigenvalue weighted by Gasteiger charge is -2.17. The molecule has 2 aromatic carbocycles. The molecule has 1 unspecified atom stereocenters. The largest absolute Gasteiger partial charge is 0.573 e. The van der Waals surface area contributed by atoms with Crippen LogP contribution in [0.2, 0.25) is 0 Å². The highest BCUT2D eigenvalue weighted by Crippen LogP contribution is 2.24. The van der Waals surface area contributed by atoms with Gasteiger partial charge in [-0.15, -0.1) is 13.2 Å². The summed E-state index contributed by atoms with van der Waals surface area (Å²) in [5.74, 6) is 0.199. The molecule has 0 bridgehead atoms. The van der Waals surface area contributed by atoms with E-state index in [4.69, 9.17) is 4.74 Å². The van der Waals surface area contributed by atoms with Gasteiger partial charge in [0.25, 0.3) is 0 Å². The van der Waals surface area contributed by atoms with Gasteiger partial charge in [0.2, 0.25) is 10.0 Å². The first-order valence-corrected chi connectivity index (χ1v) is 9.53. The molecule has 9 heteroatoms. The number of hydrogen-bond donors (Lipinski definition) is 1. The maximum Gasteiger partial charge on any atom is 0.573 e. The highest BCUT2D eigenvalue weighted by molar-refractivity contribution is 7.89. The lowest BCUT2D eigenvalue weighted by atomic mass is 10.1. The molecule has 0 aliphatic carbocycles. The summed E-state index contributed by atoms with van der Waals surface area (Å²) < 4.78 is 73.1. The second-order valence-electron chi connectivity index (χ2n) is 6.07. The van der Waals surface area contributed by atoms with Gasteiger partial charge in [-0.2, -0.15) is 0 Å². The maximum atomic E-state index is 12.4. The third-order valence-electron chi connectivity index (χ3n) is 3.61. The molecule has 0 aromatic heterocycles. The number of ether oxygens (including phenoxy) is 2. The van der Waals surface area contributed by atoms with Crippen molar-refractivity contribution in [2.24, 2.45) is 0 Å². The van der Waals surface area contributed by atoms with Gasteiger partial charge in [0.05, 0.1) is 10.9 Å². The molecule has 0 saturated heterocycles. The van der Waals surface area contributed by atoms with Gasteiger partial charge in [0.15, 0.2) is 0 Å². The highest BCUT2D eigenvalue weighted by atomic mass is 32.2. The van der Waals surface area contributed by atoms with Crippen LogP contribution in [0.3, 0.4) is 0 Å². The van der Waals surface area contributed by atoms with Crippen LogP contribution < -0.4 is 14.2 Å². The zero-order valence-electron chi connectivity index (χ0n) is 15.0. The number of rotatable bonds is 7. The number of aryl methyl sites for hydroxylation is 2. The summed E-state index contributed by atoms with van der Waals surface area (Å²) in [4.78, 5) is -0.170. The summed E-state index contributed by atoms with van der Waals surface area (Å²) >= 11 is 0. The van der Waals surface area contributed by atoms with E-state index >= 15 is 0 Å². The number of alkyl halides is 3. The quantitative estimate of drug-likeness (QED) is 0.760. The minimum Gasteiger partial charge on any atom is -0.491 e. The molecule has 5 nitrogen and oxygen atoms in total. The van der Waals surface area contributed by atoms with E-state index in [-0.39, 0.29) is 11.5 Å². The fourth-order valence-corrected chi connectivity index (χ4v) is 3.65. The van der Waals surface area contributed by atoms with Crippen molar-refractivity contribution in [1.29, 1.82) is 0 Å². The SMILES string of the molecule is Cc1cccc(C)c1OCC(C)NS(=O)(=O)c1ccc(OC(F)(F)F)cc1. The van der Waals surface area contributed by atoms with Crippen molar-refractivity contribution in [2.45, 2.75) is 38.1 Å². The Balaban J connectivity index is 2.00. The first kappa shape index (κ1) is 21.0. The van der Waals surface area contributed by atoms with E-state index in [0.717, 1.165) is 35.4 Å². The maximum absolute atomic E-state index is 12.4. The molecule has 0 heterocycles. The van der Waals surface area contributed by atoms with Crippen molar-refractivity contribution in [3.05, 3.63) is 53.6 Å². The molecular formula is C18H20F3NO4S. The van der Waals surface area contributed by atoms with E-state index < -0.39 is 28.2 Å². The highest BCUT2D eigenvalue weighted by Gasteiger charge is 2.31. The summed E-state index contributed by atoms with van der Waals surface area (Å²) in [6.45, 7) is 5.51. The van der Waals surface area contributed by atoms with Gasteiger partial charge in [-0.3, -0.25) is 0 Å². The van der Waals surface area contributed by atoms with Crippen LogP contribution in [0.5, 0.6) is 11.5 Å². The van der Waals surface area contributed by atoms with Crippen LogP contribution >= 0.6 is 0 Å². The second kappa shape index (κ2) is 8.18. The van der Waals surface area contributed by atoms with Crippen LogP contribution in [0.15, 0.2) is 47.4 Å². The van der Waals surface area contributed by atoms with Gasteiger partial charge < -0.3 is 9.47 Å². The molecule has 2 aromatic rings. The van der Waals surface area contributed by atoms with Gasteiger partial charge in [-0.1, -0.05) is 18.2 Å². The summed E-state index contributed by atoms with van der Waals surface area (Å²) in [5, 5.41) is 0. The van der Waals surface area contributed by atoms with Gasteiger partial charge >= 0.3 is 6.36 Å². The van der Waals surface area contributed by atoms with Crippen LogP contribution in [-0.2, 0) is 10.0 Å². The van der Waals surface area contributed by atoms with Crippen LogP contribution in [0, 0.1) is 13.8 Å². The molecule has 148 valence electrons. The Morgan fingerprint density at radius 2 is 1.59 bits per heavy atom. The predicted molar refractivity (Wildman–Crippen MR) is 94.3 cm³/mol. The van der Waals surface area contributed by atoms with Crippen LogP contribution in [0.4, 0.5) is 13.2 Å². The van der Waals surface area contributed by atoms with Crippen molar-refractivity contribution in [2.75, 3.05) is 6.61 Å². The Kier molecular flexibility index (Phi) is 6.38. The third-order valence-corrected chi connectivity index (χ3v) is 5.22. The van der Waals surface area contributed by atoms with Crippen molar-refractivity contribution in [3.63, 3.8) is 0 Å². The molecule has 0 fully saturated rings. The van der Waals surface area contributed by atoms with Crippen LogP contribution in [0.25, 0.3) is 0 Å². The Morgan fingerprint density at radius 3 is 2.11 bits per heavy atom. The van der Waals surface area contributed by atoms with E-state index in [1.807, 2.05) is 32.0 Å².